The molecule has 6 N–H and O–H groups in total. The first-order valence-corrected chi connectivity index (χ1v) is 23.7. The van der Waals surface area contributed by atoms with Gasteiger partial charge < -0.3 is 40.3 Å². The molecule has 1 amide bonds. The zero-order valence-corrected chi connectivity index (χ0v) is 38.3. The number of amides is 1. The van der Waals surface area contributed by atoms with E-state index in [1.165, 1.54) is 6.42 Å². The molecule has 0 aromatic rings. The van der Waals surface area contributed by atoms with Gasteiger partial charge in [0.15, 0.2) is 6.29 Å². The number of nitrogens with one attached hydrogen (secondary N) is 1. The van der Waals surface area contributed by atoms with Crippen LogP contribution < -0.4 is 5.32 Å². The van der Waals surface area contributed by atoms with E-state index in [9.17, 15) is 30.3 Å². The summed E-state index contributed by atoms with van der Waals surface area (Å²) in [5.74, 6) is -0.199. The van der Waals surface area contributed by atoms with Crippen molar-refractivity contribution in [3.63, 3.8) is 0 Å². The highest BCUT2D eigenvalue weighted by Gasteiger charge is 2.44. The number of carbonyl (C=O) groups is 1. The van der Waals surface area contributed by atoms with Crippen LogP contribution in [0.25, 0.3) is 0 Å². The van der Waals surface area contributed by atoms with Crippen LogP contribution in [0.15, 0.2) is 122 Å². The van der Waals surface area contributed by atoms with E-state index in [1.807, 2.05) is 0 Å². The zero-order valence-electron chi connectivity index (χ0n) is 38.3. The van der Waals surface area contributed by atoms with Crippen LogP contribution in [0, 0.1) is 0 Å². The molecule has 0 saturated carbocycles. The number of hydrogen-bond acceptors (Lipinski definition) is 8. The summed E-state index contributed by atoms with van der Waals surface area (Å²) >= 11 is 0. The van der Waals surface area contributed by atoms with Crippen LogP contribution >= 0.6 is 0 Å². The Morgan fingerprint density at radius 2 is 1.00 bits per heavy atom. The summed E-state index contributed by atoms with van der Waals surface area (Å²) in [4.78, 5) is 12.9. The van der Waals surface area contributed by atoms with E-state index in [-0.39, 0.29) is 12.5 Å². The van der Waals surface area contributed by atoms with Crippen molar-refractivity contribution in [1.82, 2.24) is 5.32 Å². The Morgan fingerprint density at radius 3 is 1.45 bits per heavy atom. The second kappa shape index (κ2) is 41.6. The second-order valence-electron chi connectivity index (χ2n) is 15.8. The Labute approximate surface area is 376 Å². The summed E-state index contributed by atoms with van der Waals surface area (Å²) in [6.07, 6.45) is 55.4. The third-order valence-corrected chi connectivity index (χ3v) is 10.3. The maximum absolute atomic E-state index is 12.9. The predicted molar refractivity (Wildman–Crippen MR) is 257 cm³/mol. The van der Waals surface area contributed by atoms with Gasteiger partial charge >= 0.3 is 0 Å². The molecule has 350 valence electrons. The first kappa shape index (κ1) is 56.6. The fourth-order valence-corrected chi connectivity index (χ4v) is 6.54. The summed E-state index contributed by atoms with van der Waals surface area (Å²) in [5.41, 5.74) is 0. The van der Waals surface area contributed by atoms with E-state index in [0.717, 1.165) is 109 Å². The molecule has 9 heteroatoms. The summed E-state index contributed by atoms with van der Waals surface area (Å²) in [7, 11) is 0. The Bertz CT molecular complexity index is 1370. The maximum Gasteiger partial charge on any atom is 0.220 e. The molecule has 0 aromatic carbocycles. The predicted octanol–water partition coefficient (Wildman–Crippen LogP) is 10.4. The molecule has 1 fully saturated rings. The molecule has 0 spiro atoms. The highest BCUT2D eigenvalue weighted by molar-refractivity contribution is 5.76. The second-order valence-corrected chi connectivity index (χ2v) is 15.8. The molecule has 0 aromatic heterocycles. The average Bonchev–Trinajstić information content (AvgIpc) is 3.27. The first-order chi connectivity index (χ1) is 30.3. The monoisotopic (exact) mass is 864 g/mol. The van der Waals surface area contributed by atoms with Gasteiger partial charge in [-0.15, -0.1) is 0 Å². The lowest BCUT2D eigenvalue weighted by Crippen LogP contribution is -2.60. The van der Waals surface area contributed by atoms with Crippen molar-refractivity contribution < 1.29 is 39.8 Å². The summed E-state index contributed by atoms with van der Waals surface area (Å²) in [6, 6.07) is -0.748. The molecule has 0 radical (unpaired) electrons. The Balaban J connectivity index is 2.21. The van der Waals surface area contributed by atoms with Crippen LogP contribution in [0.2, 0.25) is 0 Å². The molecule has 1 aliphatic rings. The highest BCUT2D eigenvalue weighted by atomic mass is 16.7. The van der Waals surface area contributed by atoms with E-state index in [2.05, 4.69) is 141 Å². The molecule has 7 atom stereocenters. The quantitative estimate of drug-likeness (QED) is 0.0267. The lowest BCUT2D eigenvalue weighted by Gasteiger charge is -2.40. The minimum atomic E-state index is -1.57. The van der Waals surface area contributed by atoms with Crippen LogP contribution in [0.1, 0.15) is 149 Å². The Hall–Kier alpha value is -3.41. The third kappa shape index (κ3) is 31.4. The van der Waals surface area contributed by atoms with E-state index in [4.69, 9.17) is 9.47 Å². The first-order valence-electron chi connectivity index (χ1n) is 23.7. The van der Waals surface area contributed by atoms with Gasteiger partial charge in [-0.2, -0.15) is 0 Å². The van der Waals surface area contributed by atoms with Crippen LogP contribution in [-0.2, 0) is 14.3 Å². The summed E-state index contributed by atoms with van der Waals surface area (Å²) in [5, 5.41) is 53.9. The Morgan fingerprint density at radius 1 is 0.565 bits per heavy atom. The smallest absolute Gasteiger partial charge is 0.220 e. The summed E-state index contributed by atoms with van der Waals surface area (Å²) in [6.45, 7) is 3.59. The fraction of sp³-hybridized carbons (Fsp3) is 0.604. The van der Waals surface area contributed by atoms with Gasteiger partial charge in [-0.05, 0) is 89.9 Å². The number of rotatable bonds is 37. The lowest BCUT2D eigenvalue weighted by molar-refractivity contribution is -0.302. The topological polar surface area (TPSA) is 149 Å². The number of hydrogen-bond donors (Lipinski definition) is 6. The molecular formula is C53H85NO8. The molecular weight excluding hydrogens is 779 g/mol. The fourth-order valence-electron chi connectivity index (χ4n) is 6.54. The van der Waals surface area contributed by atoms with E-state index >= 15 is 0 Å². The molecule has 1 rings (SSSR count). The number of aliphatic hydroxyl groups excluding tert-OH is 5. The molecule has 7 unspecified atom stereocenters. The van der Waals surface area contributed by atoms with Crippen LogP contribution in [0.4, 0.5) is 0 Å². The molecule has 9 nitrogen and oxygen atoms in total. The minimum absolute atomic E-state index is 0.166. The SMILES string of the molecule is CC/C=C\C/C=C\C/C=C\C/C=C\C/C=C\C/C=C\C/C=C\C/C=C\C/C=C\C/C=C\CCCCC(=O)NC(COC1OC(CO)C(O)C(O)C1O)C(O)CCCCCCCC. The number of allylic oxidation sites excluding steroid dienone is 20. The van der Waals surface area contributed by atoms with Gasteiger partial charge in [0, 0.05) is 6.42 Å². The highest BCUT2D eigenvalue weighted by Crippen LogP contribution is 2.23. The number of unbranched alkanes of at least 4 members (excludes halogenated alkanes) is 7. The van der Waals surface area contributed by atoms with Gasteiger partial charge in [-0.1, -0.05) is 174 Å². The van der Waals surface area contributed by atoms with E-state index in [1.54, 1.807) is 0 Å². The van der Waals surface area contributed by atoms with Gasteiger partial charge in [0.05, 0.1) is 25.4 Å². The van der Waals surface area contributed by atoms with Crippen LogP contribution in [0.3, 0.4) is 0 Å². The molecule has 1 heterocycles. The van der Waals surface area contributed by atoms with Crippen LogP contribution in [0.5, 0.6) is 0 Å². The van der Waals surface area contributed by atoms with Crippen LogP contribution in [-0.4, -0.2) is 87.5 Å². The van der Waals surface area contributed by atoms with Crippen molar-refractivity contribution in [3.05, 3.63) is 122 Å². The molecule has 62 heavy (non-hydrogen) atoms. The minimum Gasteiger partial charge on any atom is -0.394 e. The number of ether oxygens (including phenoxy) is 2. The number of aliphatic hydroxyl groups is 5. The van der Waals surface area contributed by atoms with Crippen molar-refractivity contribution >= 4 is 5.91 Å². The van der Waals surface area contributed by atoms with E-state index in [0.29, 0.717) is 19.3 Å². The van der Waals surface area contributed by atoms with Crippen molar-refractivity contribution in [2.45, 2.75) is 192 Å². The lowest BCUT2D eigenvalue weighted by atomic mass is 9.99. The normalized spacial score (nSPS) is 21.4. The van der Waals surface area contributed by atoms with Gasteiger partial charge in [-0.25, -0.2) is 0 Å². The van der Waals surface area contributed by atoms with Gasteiger partial charge in [-0.3, -0.25) is 4.79 Å². The van der Waals surface area contributed by atoms with Crippen molar-refractivity contribution in [1.29, 1.82) is 0 Å². The third-order valence-electron chi connectivity index (χ3n) is 10.3. The summed E-state index contributed by atoms with van der Waals surface area (Å²) < 4.78 is 11.2. The average molecular weight is 864 g/mol. The zero-order chi connectivity index (χ0) is 45.1. The van der Waals surface area contributed by atoms with Gasteiger partial charge in [0.1, 0.15) is 24.4 Å². The molecule has 1 saturated heterocycles. The largest absolute Gasteiger partial charge is 0.394 e. The Kier molecular flexibility index (Phi) is 38.0. The van der Waals surface area contributed by atoms with Gasteiger partial charge in [0.2, 0.25) is 5.91 Å². The maximum atomic E-state index is 12.9. The van der Waals surface area contributed by atoms with Gasteiger partial charge in [0.25, 0.3) is 0 Å². The van der Waals surface area contributed by atoms with Crippen molar-refractivity contribution in [2.24, 2.45) is 0 Å². The van der Waals surface area contributed by atoms with Crippen molar-refractivity contribution in [2.75, 3.05) is 13.2 Å². The number of carbonyl (C=O) groups excluding carboxylic acids is 1. The van der Waals surface area contributed by atoms with E-state index < -0.39 is 49.5 Å². The standard InChI is InChI=1S/C53H85NO8/c1-3-5-7-9-11-12-13-14-15-16-17-18-19-20-21-22-23-24-25-26-27-28-29-30-31-32-33-34-35-36-37-39-41-43-49(57)54-46(47(56)42-40-38-10-8-6-4-2)45-61-53-52(60)51(59)50(58)48(44-55)62-53/h5,7,11-12,14-15,17-18,20-21,23-24,26-27,29-30,32-33,35-36,46-48,50-53,55-56,58-60H,3-4,6,8-10,13,16,19,22,25,28,31,34,37-45H2,1-2H3,(H,54,57)/b7-5-,12-11-,15-14-,18-17-,21-20-,24-23-,27-26-,30-29-,33-32-,36-35-. The molecule has 0 aliphatic carbocycles. The molecule has 1 aliphatic heterocycles. The molecule has 0 bridgehead atoms. The van der Waals surface area contributed by atoms with Crippen molar-refractivity contribution in [3.8, 4) is 0 Å².